The standard InChI is InChI=1S/C24H27ClN4O4S/c1-15-21(23(32)33-2)22(16-6-8-17(25)9-7-16)29-18(14-34-24(29)27-15)13-19(30)26-10-4-12-28-11-3-5-20(28)31/h6-9,14,22H,3-5,10-13H2,1-2H3,(H,26,30)/t22-/m0/s1. The van der Waals surface area contributed by atoms with Gasteiger partial charge in [0, 0.05) is 36.8 Å². The van der Waals surface area contributed by atoms with E-state index in [4.69, 9.17) is 16.3 Å². The summed E-state index contributed by atoms with van der Waals surface area (Å²) in [5.74, 6) is -0.395. The number of carbonyl (C=O) groups excluding carboxylic acids is 3. The van der Waals surface area contributed by atoms with Crippen LogP contribution in [0.2, 0.25) is 5.02 Å². The van der Waals surface area contributed by atoms with Gasteiger partial charge in [0.15, 0.2) is 5.17 Å². The number of likely N-dealkylation sites (tertiary alicyclic amines) is 1. The molecular weight excluding hydrogens is 476 g/mol. The smallest absolute Gasteiger partial charge is 0.338 e. The fraction of sp³-hybridized carbons (Fsp3) is 0.417. The fourth-order valence-electron chi connectivity index (χ4n) is 4.37. The molecule has 0 unspecified atom stereocenters. The molecular formula is C24H27ClN4O4S. The van der Waals surface area contributed by atoms with Gasteiger partial charge in [-0.3, -0.25) is 9.59 Å². The molecule has 1 atom stereocenters. The van der Waals surface area contributed by atoms with Gasteiger partial charge in [0.1, 0.15) is 0 Å². The molecule has 1 fully saturated rings. The highest BCUT2D eigenvalue weighted by atomic mass is 35.5. The number of nitrogens with zero attached hydrogens (tertiary/aromatic N) is 3. The highest BCUT2D eigenvalue weighted by molar-refractivity contribution is 8.16. The number of hydrogen-bond acceptors (Lipinski definition) is 7. The van der Waals surface area contributed by atoms with Crippen LogP contribution in [-0.4, -0.2) is 59.5 Å². The molecule has 3 heterocycles. The van der Waals surface area contributed by atoms with Gasteiger partial charge in [-0.15, -0.1) is 0 Å². The first-order valence-corrected chi connectivity index (χ1v) is 12.5. The Kier molecular flexibility index (Phi) is 7.63. The molecule has 180 valence electrons. The Bertz CT molecular complexity index is 1080. The zero-order valence-corrected chi connectivity index (χ0v) is 20.7. The summed E-state index contributed by atoms with van der Waals surface area (Å²) < 4.78 is 5.06. The van der Waals surface area contributed by atoms with Crippen LogP contribution in [0, 0.1) is 0 Å². The number of thioether (sulfide) groups is 1. The van der Waals surface area contributed by atoms with Gasteiger partial charge in [0.05, 0.1) is 30.8 Å². The molecule has 3 aliphatic heterocycles. The van der Waals surface area contributed by atoms with Crippen LogP contribution in [0.5, 0.6) is 0 Å². The largest absolute Gasteiger partial charge is 0.466 e. The first kappa shape index (κ1) is 24.3. The van der Waals surface area contributed by atoms with Crippen molar-refractivity contribution in [1.29, 1.82) is 0 Å². The van der Waals surface area contributed by atoms with Crippen molar-refractivity contribution in [1.82, 2.24) is 15.1 Å². The number of aliphatic imine (C=N–C) groups is 1. The molecule has 8 nitrogen and oxygen atoms in total. The van der Waals surface area contributed by atoms with Crippen LogP contribution < -0.4 is 5.32 Å². The van der Waals surface area contributed by atoms with Crippen molar-refractivity contribution < 1.29 is 19.1 Å². The number of amidine groups is 1. The quantitative estimate of drug-likeness (QED) is 0.431. The molecule has 1 aromatic carbocycles. The van der Waals surface area contributed by atoms with Crippen LogP contribution in [0.3, 0.4) is 0 Å². The van der Waals surface area contributed by atoms with Crippen LogP contribution in [0.15, 0.2) is 51.6 Å². The van der Waals surface area contributed by atoms with Crippen LogP contribution in [-0.2, 0) is 19.1 Å². The third kappa shape index (κ3) is 5.15. The zero-order valence-electron chi connectivity index (χ0n) is 19.2. The highest BCUT2D eigenvalue weighted by Crippen LogP contribution is 2.44. The number of nitrogens with one attached hydrogen (secondary N) is 1. The molecule has 1 saturated heterocycles. The SMILES string of the molecule is COC(=O)C1=C(C)N=C2SC=C(CC(=O)NCCCN3CCCC3=O)N2[C@H]1c1ccc(Cl)cc1. The van der Waals surface area contributed by atoms with Gasteiger partial charge in [-0.2, -0.15) is 0 Å². The lowest BCUT2D eigenvalue weighted by Crippen LogP contribution is -2.38. The van der Waals surface area contributed by atoms with Gasteiger partial charge in [-0.25, -0.2) is 9.79 Å². The molecule has 1 aromatic rings. The maximum absolute atomic E-state index is 12.7. The molecule has 0 saturated carbocycles. The Balaban J connectivity index is 1.46. The maximum atomic E-state index is 12.7. The summed E-state index contributed by atoms with van der Waals surface area (Å²) in [5, 5.41) is 6.15. The second kappa shape index (κ2) is 10.7. The van der Waals surface area contributed by atoms with Gasteiger partial charge >= 0.3 is 5.97 Å². The van der Waals surface area contributed by atoms with E-state index in [1.54, 1.807) is 19.1 Å². The van der Waals surface area contributed by atoms with Crippen molar-refractivity contribution in [3.63, 3.8) is 0 Å². The summed E-state index contributed by atoms with van der Waals surface area (Å²) in [5.41, 5.74) is 2.62. The maximum Gasteiger partial charge on any atom is 0.338 e. The van der Waals surface area contributed by atoms with E-state index in [2.05, 4.69) is 10.3 Å². The average Bonchev–Trinajstić information content (AvgIpc) is 3.41. The van der Waals surface area contributed by atoms with E-state index < -0.39 is 12.0 Å². The minimum atomic E-state index is -0.479. The van der Waals surface area contributed by atoms with E-state index in [1.807, 2.05) is 27.3 Å². The number of amides is 2. The Morgan fingerprint density at radius 3 is 2.74 bits per heavy atom. The summed E-state index contributed by atoms with van der Waals surface area (Å²) >= 11 is 7.52. The molecule has 10 heteroatoms. The molecule has 4 rings (SSSR count). The van der Waals surface area contributed by atoms with Crippen LogP contribution in [0.25, 0.3) is 0 Å². The Labute approximate surface area is 208 Å². The summed E-state index contributed by atoms with van der Waals surface area (Å²) in [7, 11) is 1.35. The predicted molar refractivity (Wildman–Crippen MR) is 132 cm³/mol. The van der Waals surface area contributed by atoms with Crippen molar-refractivity contribution in [3.8, 4) is 0 Å². The van der Waals surface area contributed by atoms with E-state index in [0.717, 1.165) is 24.2 Å². The molecule has 1 N–H and O–H groups in total. The van der Waals surface area contributed by atoms with Gasteiger partial charge < -0.3 is 19.9 Å². The topological polar surface area (TPSA) is 91.3 Å². The normalized spacial score (nSPS) is 19.7. The molecule has 0 aliphatic carbocycles. The Hall–Kier alpha value is -2.78. The lowest BCUT2D eigenvalue weighted by atomic mass is 9.94. The molecule has 34 heavy (non-hydrogen) atoms. The zero-order chi connectivity index (χ0) is 24.2. The minimum absolute atomic E-state index is 0.124. The Morgan fingerprint density at radius 2 is 2.06 bits per heavy atom. The summed E-state index contributed by atoms with van der Waals surface area (Å²) in [6.07, 6.45) is 2.39. The van der Waals surface area contributed by atoms with E-state index in [0.29, 0.717) is 47.4 Å². The third-order valence-corrected chi connectivity index (χ3v) is 7.17. The number of benzene rings is 1. The lowest BCUT2D eigenvalue weighted by molar-refractivity contribution is -0.136. The van der Waals surface area contributed by atoms with Crippen molar-refractivity contribution in [3.05, 3.63) is 57.2 Å². The molecule has 0 radical (unpaired) electrons. The average molecular weight is 503 g/mol. The number of hydrogen-bond donors (Lipinski definition) is 1. The third-order valence-electron chi connectivity index (χ3n) is 6.03. The first-order chi connectivity index (χ1) is 16.4. The second-order valence-corrected chi connectivity index (χ2v) is 9.57. The molecule has 0 bridgehead atoms. The molecule has 0 aromatic heterocycles. The van der Waals surface area contributed by atoms with Crippen molar-refractivity contribution >= 4 is 46.3 Å². The van der Waals surface area contributed by atoms with Gasteiger partial charge in [0.25, 0.3) is 0 Å². The van der Waals surface area contributed by atoms with Crippen LogP contribution in [0.4, 0.5) is 0 Å². The highest BCUT2D eigenvalue weighted by Gasteiger charge is 2.40. The fourth-order valence-corrected chi connectivity index (χ4v) is 5.46. The number of halogens is 1. The van der Waals surface area contributed by atoms with Crippen molar-refractivity contribution in [2.24, 2.45) is 4.99 Å². The summed E-state index contributed by atoms with van der Waals surface area (Å²) in [4.78, 5) is 45.5. The number of methoxy groups -OCH3 is 1. The molecule has 3 aliphatic rings. The number of esters is 1. The summed E-state index contributed by atoms with van der Waals surface area (Å²) in [6, 6.07) is 6.81. The predicted octanol–water partition coefficient (Wildman–Crippen LogP) is 3.61. The van der Waals surface area contributed by atoms with Crippen LogP contribution in [0.1, 0.15) is 44.2 Å². The molecule has 0 spiro atoms. The monoisotopic (exact) mass is 502 g/mol. The Morgan fingerprint density at radius 1 is 1.29 bits per heavy atom. The van der Waals surface area contributed by atoms with Gasteiger partial charge in [-0.05, 0) is 42.9 Å². The number of ether oxygens (including phenoxy) is 1. The van der Waals surface area contributed by atoms with Crippen LogP contribution >= 0.6 is 23.4 Å². The van der Waals surface area contributed by atoms with Gasteiger partial charge in [0.2, 0.25) is 11.8 Å². The lowest BCUT2D eigenvalue weighted by Gasteiger charge is -2.36. The van der Waals surface area contributed by atoms with Crippen molar-refractivity contribution in [2.75, 3.05) is 26.7 Å². The first-order valence-electron chi connectivity index (χ1n) is 11.2. The number of fused-ring (bicyclic) bond motifs is 1. The number of rotatable bonds is 8. The minimum Gasteiger partial charge on any atom is -0.466 e. The van der Waals surface area contributed by atoms with Gasteiger partial charge in [-0.1, -0.05) is 35.5 Å². The van der Waals surface area contributed by atoms with E-state index in [1.165, 1.54) is 18.9 Å². The van der Waals surface area contributed by atoms with E-state index >= 15 is 0 Å². The van der Waals surface area contributed by atoms with E-state index in [9.17, 15) is 14.4 Å². The second-order valence-electron chi connectivity index (χ2n) is 8.30. The molecule has 2 amide bonds. The number of allylic oxidation sites excluding steroid dienone is 1. The summed E-state index contributed by atoms with van der Waals surface area (Å²) in [6.45, 7) is 3.74. The number of carbonyl (C=O) groups is 3. The van der Waals surface area contributed by atoms with Crippen molar-refractivity contribution in [2.45, 2.75) is 38.6 Å². The van der Waals surface area contributed by atoms with E-state index in [-0.39, 0.29) is 18.2 Å².